The highest BCUT2D eigenvalue weighted by molar-refractivity contribution is 7.89. The molecule has 2 aromatic rings. The van der Waals surface area contributed by atoms with Gasteiger partial charge in [0.15, 0.2) is 0 Å². The molecule has 196 valence electrons. The van der Waals surface area contributed by atoms with E-state index in [4.69, 9.17) is 0 Å². The van der Waals surface area contributed by atoms with Crippen LogP contribution in [-0.4, -0.2) is 82.6 Å². The number of sulfonamides is 2. The van der Waals surface area contributed by atoms with Crippen LogP contribution in [-0.2, 0) is 24.8 Å². The molecule has 2 aromatic carbocycles. The lowest BCUT2D eigenvalue weighted by Crippen LogP contribution is -2.47. The summed E-state index contributed by atoms with van der Waals surface area (Å²) in [5, 5.41) is 2.78. The van der Waals surface area contributed by atoms with Crippen LogP contribution in [0.4, 0.5) is 10.1 Å². The van der Waals surface area contributed by atoms with Crippen molar-refractivity contribution in [2.45, 2.75) is 29.6 Å². The van der Waals surface area contributed by atoms with Gasteiger partial charge in [0.2, 0.25) is 26.0 Å². The zero-order valence-corrected chi connectivity index (χ0v) is 22.0. The first-order chi connectivity index (χ1) is 17.0. The molecular weight excluding hydrogens is 507 g/mol. The van der Waals surface area contributed by atoms with Crippen LogP contribution >= 0.6 is 0 Å². The zero-order chi connectivity index (χ0) is 26.1. The van der Waals surface area contributed by atoms with Crippen molar-refractivity contribution in [1.82, 2.24) is 13.5 Å². The Kier molecular flexibility index (Phi) is 7.81. The van der Waals surface area contributed by atoms with Gasteiger partial charge in [-0.3, -0.25) is 4.79 Å². The third kappa shape index (κ3) is 5.62. The number of aryl methyl sites for hydroxylation is 1. The fraction of sp³-hybridized carbons (Fsp3) is 0.458. The van der Waals surface area contributed by atoms with E-state index in [2.05, 4.69) is 10.2 Å². The Bertz CT molecular complexity index is 1320. The summed E-state index contributed by atoms with van der Waals surface area (Å²) in [6.45, 7) is 4.06. The molecule has 4 rings (SSSR count). The maximum absolute atomic E-state index is 13.3. The summed E-state index contributed by atoms with van der Waals surface area (Å²) in [4.78, 5) is 15.2. The standard InChI is InChI=1S/C24H31FN4O5S2/c1-18-5-8-21(16-23(18)36(33,34)28-14-12-27(2)13-15-28)26-24(30)19-4-3-11-29(17-19)35(31,32)22-9-6-20(25)7-10-22/h5-10,16,19H,3-4,11-15,17H2,1-2H3,(H,26,30)/t19-/m0/s1. The van der Waals surface area contributed by atoms with Crippen LogP contribution < -0.4 is 5.32 Å². The van der Waals surface area contributed by atoms with Gasteiger partial charge in [-0.15, -0.1) is 0 Å². The van der Waals surface area contributed by atoms with E-state index in [1.165, 1.54) is 26.8 Å². The van der Waals surface area contributed by atoms with Gasteiger partial charge < -0.3 is 10.2 Å². The molecule has 2 saturated heterocycles. The average Bonchev–Trinajstić information content (AvgIpc) is 2.85. The zero-order valence-electron chi connectivity index (χ0n) is 20.4. The molecule has 2 aliphatic rings. The van der Waals surface area contributed by atoms with Crippen molar-refractivity contribution in [2.75, 3.05) is 51.6 Å². The van der Waals surface area contributed by atoms with Crippen molar-refractivity contribution in [3.8, 4) is 0 Å². The Labute approximate surface area is 212 Å². The van der Waals surface area contributed by atoms with Crippen molar-refractivity contribution >= 4 is 31.6 Å². The molecule has 1 atom stereocenters. The number of nitrogens with zero attached hydrogens (tertiary/aromatic N) is 3. The number of carbonyl (C=O) groups is 1. The monoisotopic (exact) mass is 538 g/mol. The van der Waals surface area contributed by atoms with E-state index in [0.717, 1.165) is 12.1 Å². The number of anilines is 1. The molecular formula is C24H31FN4O5S2. The van der Waals surface area contributed by atoms with E-state index in [0.29, 0.717) is 50.3 Å². The van der Waals surface area contributed by atoms with Crippen LogP contribution in [0.25, 0.3) is 0 Å². The SMILES string of the molecule is Cc1ccc(NC(=O)[C@H]2CCCN(S(=O)(=O)c3ccc(F)cc3)C2)cc1S(=O)(=O)N1CCN(C)CC1. The molecule has 2 aliphatic heterocycles. The van der Waals surface area contributed by atoms with Crippen LogP contribution in [0.2, 0.25) is 0 Å². The first-order valence-corrected chi connectivity index (χ1v) is 14.7. The van der Waals surface area contributed by atoms with Gasteiger partial charge in [-0.05, 0) is 68.8 Å². The lowest BCUT2D eigenvalue weighted by molar-refractivity contribution is -0.120. The summed E-state index contributed by atoms with van der Waals surface area (Å²) in [5.74, 6) is -1.51. The predicted octanol–water partition coefficient (Wildman–Crippen LogP) is 2.11. The first kappa shape index (κ1) is 26.7. The molecule has 0 aliphatic carbocycles. The largest absolute Gasteiger partial charge is 0.326 e. The number of carbonyl (C=O) groups excluding carboxylic acids is 1. The van der Waals surface area contributed by atoms with Gasteiger partial charge in [0.1, 0.15) is 5.82 Å². The Morgan fingerprint density at radius 2 is 1.58 bits per heavy atom. The molecule has 0 aromatic heterocycles. The third-order valence-electron chi connectivity index (χ3n) is 6.74. The minimum absolute atomic E-state index is 0.0101. The Morgan fingerprint density at radius 1 is 0.917 bits per heavy atom. The minimum Gasteiger partial charge on any atom is -0.326 e. The summed E-state index contributed by atoms with van der Waals surface area (Å²) in [7, 11) is -5.64. The van der Waals surface area contributed by atoms with E-state index in [1.54, 1.807) is 19.1 Å². The van der Waals surface area contributed by atoms with Gasteiger partial charge in [-0.1, -0.05) is 6.07 Å². The molecule has 36 heavy (non-hydrogen) atoms. The number of rotatable bonds is 6. The molecule has 0 saturated carbocycles. The number of likely N-dealkylation sites (N-methyl/N-ethyl adjacent to an activating group) is 1. The molecule has 0 bridgehead atoms. The molecule has 0 spiro atoms. The summed E-state index contributed by atoms with van der Waals surface area (Å²) < 4.78 is 68.4. The number of benzene rings is 2. The number of hydrogen-bond donors (Lipinski definition) is 1. The number of halogens is 1. The Balaban J connectivity index is 1.48. The van der Waals surface area contributed by atoms with Gasteiger partial charge in [0, 0.05) is 45.0 Å². The highest BCUT2D eigenvalue weighted by atomic mass is 32.2. The number of piperazine rings is 1. The van der Waals surface area contributed by atoms with E-state index < -0.39 is 31.8 Å². The first-order valence-electron chi connectivity index (χ1n) is 11.8. The fourth-order valence-electron chi connectivity index (χ4n) is 4.50. The van der Waals surface area contributed by atoms with Crippen LogP contribution in [0.3, 0.4) is 0 Å². The molecule has 1 amide bonds. The topological polar surface area (TPSA) is 107 Å². The van der Waals surface area contributed by atoms with E-state index >= 15 is 0 Å². The fourth-order valence-corrected chi connectivity index (χ4v) is 7.69. The molecule has 2 heterocycles. The molecule has 2 fully saturated rings. The summed E-state index contributed by atoms with van der Waals surface area (Å²) >= 11 is 0. The maximum atomic E-state index is 13.3. The van der Waals surface area contributed by atoms with E-state index in [1.807, 2.05) is 7.05 Å². The van der Waals surface area contributed by atoms with Crippen molar-refractivity contribution in [3.05, 3.63) is 53.8 Å². The van der Waals surface area contributed by atoms with Crippen molar-refractivity contribution < 1.29 is 26.0 Å². The molecule has 0 unspecified atom stereocenters. The van der Waals surface area contributed by atoms with Gasteiger partial charge in [-0.2, -0.15) is 8.61 Å². The van der Waals surface area contributed by atoms with Crippen molar-refractivity contribution in [3.63, 3.8) is 0 Å². The second-order valence-electron chi connectivity index (χ2n) is 9.33. The van der Waals surface area contributed by atoms with Gasteiger partial charge in [0.25, 0.3) is 0 Å². The lowest BCUT2D eigenvalue weighted by Gasteiger charge is -2.32. The second-order valence-corrected chi connectivity index (χ2v) is 13.2. The molecule has 1 N–H and O–H groups in total. The summed E-state index contributed by atoms with van der Waals surface area (Å²) in [5.41, 5.74) is 0.929. The predicted molar refractivity (Wildman–Crippen MR) is 134 cm³/mol. The number of piperidine rings is 1. The second kappa shape index (κ2) is 10.5. The van der Waals surface area contributed by atoms with Crippen molar-refractivity contribution in [2.24, 2.45) is 5.92 Å². The normalized spacial score (nSPS) is 20.8. The van der Waals surface area contributed by atoms with Crippen LogP contribution in [0, 0.1) is 18.7 Å². The molecule has 12 heteroatoms. The summed E-state index contributed by atoms with van der Waals surface area (Å²) in [6, 6.07) is 9.37. The van der Waals surface area contributed by atoms with Gasteiger partial charge in [0.05, 0.1) is 15.7 Å². The quantitative estimate of drug-likeness (QED) is 0.604. The smallest absolute Gasteiger partial charge is 0.243 e. The number of nitrogens with one attached hydrogen (secondary N) is 1. The van der Waals surface area contributed by atoms with Gasteiger partial charge in [-0.25, -0.2) is 21.2 Å². The molecule has 0 radical (unpaired) electrons. The average molecular weight is 539 g/mol. The van der Waals surface area contributed by atoms with E-state index in [-0.39, 0.29) is 28.8 Å². The van der Waals surface area contributed by atoms with Crippen LogP contribution in [0.5, 0.6) is 0 Å². The van der Waals surface area contributed by atoms with Crippen LogP contribution in [0.15, 0.2) is 52.3 Å². The Morgan fingerprint density at radius 3 is 2.25 bits per heavy atom. The lowest BCUT2D eigenvalue weighted by atomic mass is 9.98. The number of hydrogen-bond acceptors (Lipinski definition) is 6. The van der Waals surface area contributed by atoms with E-state index in [9.17, 15) is 26.0 Å². The Hall–Kier alpha value is -2.38. The maximum Gasteiger partial charge on any atom is 0.243 e. The van der Waals surface area contributed by atoms with Gasteiger partial charge >= 0.3 is 0 Å². The molecule has 9 nitrogen and oxygen atoms in total. The summed E-state index contributed by atoms with van der Waals surface area (Å²) in [6.07, 6.45) is 0.995. The van der Waals surface area contributed by atoms with Crippen molar-refractivity contribution in [1.29, 1.82) is 0 Å². The minimum atomic E-state index is -3.87. The highest BCUT2D eigenvalue weighted by Crippen LogP contribution is 2.27. The highest BCUT2D eigenvalue weighted by Gasteiger charge is 2.34. The van der Waals surface area contributed by atoms with Crippen LogP contribution in [0.1, 0.15) is 18.4 Å². The number of amides is 1. The third-order valence-corrected chi connectivity index (χ3v) is 10.7.